The Kier molecular flexibility index (Phi) is 3.04. The molecule has 1 N–H and O–H groups in total. The first-order valence-corrected chi connectivity index (χ1v) is 6.13. The minimum Gasteiger partial charge on any atom is -0.506 e. The Balaban J connectivity index is 2.53. The molecule has 0 bridgehead atoms. The molecule has 1 aliphatic rings. The highest BCUT2D eigenvalue weighted by molar-refractivity contribution is 5.47. The van der Waals surface area contributed by atoms with Crippen LogP contribution in [-0.4, -0.2) is 10.1 Å². The molecule has 0 radical (unpaired) electrons. The third-order valence-corrected chi connectivity index (χ3v) is 3.51. The van der Waals surface area contributed by atoms with Crippen molar-refractivity contribution in [1.29, 1.82) is 5.26 Å². The molecule has 1 aromatic heterocycles. The summed E-state index contributed by atoms with van der Waals surface area (Å²) in [5, 5.41) is 19.5. The number of nitriles is 1. The van der Waals surface area contributed by atoms with Crippen LogP contribution in [0.1, 0.15) is 50.4 Å². The Morgan fingerprint density at radius 3 is 2.72 bits per heavy atom. The maximum absolute atomic E-state index is 10.3. The van der Waals surface area contributed by atoms with Gasteiger partial charge in [0.15, 0.2) is 0 Å². The molecule has 2 heterocycles. The second-order valence-corrected chi connectivity index (χ2v) is 5.53. The summed E-state index contributed by atoms with van der Waals surface area (Å²) in [6, 6.07) is 2.21. The summed E-state index contributed by atoms with van der Waals surface area (Å²) >= 11 is 0. The first-order valence-electron chi connectivity index (χ1n) is 6.13. The molecule has 1 atom stereocenters. The van der Waals surface area contributed by atoms with Crippen molar-refractivity contribution in [2.24, 2.45) is 5.92 Å². The van der Waals surface area contributed by atoms with E-state index in [0.717, 1.165) is 11.1 Å². The van der Waals surface area contributed by atoms with E-state index >= 15 is 0 Å². The van der Waals surface area contributed by atoms with Crippen molar-refractivity contribution in [1.82, 2.24) is 4.98 Å². The molecule has 96 valence electrons. The normalized spacial score (nSPS) is 18.4. The number of nitrogens with zero attached hydrogens (tertiary/aromatic N) is 2. The van der Waals surface area contributed by atoms with Crippen LogP contribution in [0.4, 0.5) is 0 Å². The molecule has 1 aliphatic heterocycles. The fourth-order valence-corrected chi connectivity index (χ4v) is 2.30. The lowest BCUT2D eigenvalue weighted by Crippen LogP contribution is -2.15. The molecule has 0 saturated heterocycles. The maximum Gasteiger partial charge on any atom is 0.144 e. The standard InChI is InChI=1S/C14H18N2O2/c1-8(2)9(5-15)12-13(17)10-7-18-14(3,4)11(10)6-16-12/h6,8-9,17H,7H2,1-4H3. The van der Waals surface area contributed by atoms with Crippen LogP contribution >= 0.6 is 0 Å². The molecule has 18 heavy (non-hydrogen) atoms. The van der Waals surface area contributed by atoms with E-state index < -0.39 is 5.60 Å². The molecule has 4 heteroatoms. The van der Waals surface area contributed by atoms with E-state index in [0.29, 0.717) is 12.3 Å². The smallest absolute Gasteiger partial charge is 0.144 e. The zero-order valence-electron chi connectivity index (χ0n) is 11.2. The minimum absolute atomic E-state index is 0.113. The Morgan fingerprint density at radius 1 is 1.50 bits per heavy atom. The van der Waals surface area contributed by atoms with Crippen molar-refractivity contribution in [3.05, 3.63) is 23.0 Å². The molecular formula is C14H18N2O2. The lowest BCUT2D eigenvalue weighted by Gasteiger charge is -2.19. The van der Waals surface area contributed by atoms with Gasteiger partial charge in [-0.15, -0.1) is 0 Å². The third-order valence-electron chi connectivity index (χ3n) is 3.51. The largest absolute Gasteiger partial charge is 0.506 e. The molecule has 0 spiro atoms. The minimum atomic E-state index is -0.418. The van der Waals surface area contributed by atoms with Gasteiger partial charge < -0.3 is 9.84 Å². The lowest BCUT2D eigenvalue weighted by molar-refractivity contribution is -0.00822. The van der Waals surface area contributed by atoms with Gasteiger partial charge in [-0.25, -0.2) is 0 Å². The van der Waals surface area contributed by atoms with Crippen LogP contribution in [0.5, 0.6) is 5.75 Å². The monoisotopic (exact) mass is 246 g/mol. The molecule has 1 unspecified atom stereocenters. The number of hydrogen-bond donors (Lipinski definition) is 1. The Hall–Kier alpha value is -1.60. The summed E-state index contributed by atoms with van der Waals surface area (Å²) in [5.74, 6) is -0.154. The fraction of sp³-hybridized carbons (Fsp3) is 0.571. The van der Waals surface area contributed by atoms with Gasteiger partial charge in [0.2, 0.25) is 0 Å². The number of aromatic nitrogens is 1. The first-order chi connectivity index (χ1) is 8.38. The molecule has 0 aliphatic carbocycles. The molecule has 1 aromatic rings. The van der Waals surface area contributed by atoms with Crippen molar-refractivity contribution in [2.45, 2.75) is 45.8 Å². The van der Waals surface area contributed by atoms with Gasteiger partial charge in [-0.05, 0) is 19.8 Å². The van der Waals surface area contributed by atoms with Crippen LogP contribution < -0.4 is 0 Å². The van der Waals surface area contributed by atoms with Crippen molar-refractivity contribution in [3.63, 3.8) is 0 Å². The molecular weight excluding hydrogens is 228 g/mol. The summed E-state index contributed by atoms with van der Waals surface area (Å²) in [6.07, 6.45) is 1.73. The molecule has 0 aromatic carbocycles. The van der Waals surface area contributed by atoms with Crippen LogP contribution in [0.2, 0.25) is 0 Å². The molecule has 0 amide bonds. The van der Waals surface area contributed by atoms with E-state index in [1.807, 2.05) is 27.7 Å². The van der Waals surface area contributed by atoms with E-state index in [9.17, 15) is 10.4 Å². The number of fused-ring (bicyclic) bond motifs is 1. The zero-order chi connectivity index (χ0) is 13.5. The summed E-state index contributed by atoms with van der Waals surface area (Å²) in [5.41, 5.74) is 1.72. The molecule has 0 saturated carbocycles. The Bertz CT molecular complexity index is 515. The summed E-state index contributed by atoms with van der Waals surface area (Å²) < 4.78 is 5.64. The third kappa shape index (κ3) is 1.85. The lowest BCUT2D eigenvalue weighted by atomic mass is 9.90. The van der Waals surface area contributed by atoms with Gasteiger partial charge in [-0.2, -0.15) is 5.26 Å². The van der Waals surface area contributed by atoms with E-state index in [4.69, 9.17) is 4.74 Å². The van der Waals surface area contributed by atoms with Gasteiger partial charge >= 0.3 is 0 Å². The van der Waals surface area contributed by atoms with Gasteiger partial charge in [-0.1, -0.05) is 13.8 Å². The van der Waals surface area contributed by atoms with Crippen LogP contribution in [-0.2, 0) is 16.9 Å². The van der Waals surface area contributed by atoms with E-state index in [1.54, 1.807) is 6.20 Å². The quantitative estimate of drug-likeness (QED) is 0.871. The average molecular weight is 246 g/mol. The van der Waals surface area contributed by atoms with Crippen LogP contribution in [0.25, 0.3) is 0 Å². The number of ether oxygens (including phenoxy) is 1. The highest BCUT2D eigenvalue weighted by atomic mass is 16.5. The number of hydrogen-bond acceptors (Lipinski definition) is 4. The van der Waals surface area contributed by atoms with Gasteiger partial charge in [0.25, 0.3) is 0 Å². The van der Waals surface area contributed by atoms with Gasteiger partial charge in [0.05, 0.1) is 29.9 Å². The number of rotatable bonds is 2. The molecule has 0 fully saturated rings. The van der Waals surface area contributed by atoms with Gasteiger partial charge in [-0.3, -0.25) is 4.98 Å². The van der Waals surface area contributed by atoms with Crippen LogP contribution in [0, 0.1) is 17.2 Å². The Morgan fingerprint density at radius 2 is 2.17 bits per heavy atom. The molecule has 4 nitrogen and oxygen atoms in total. The summed E-state index contributed by atoms with van der Waals surface area (Å²) in [4.78, 5) is 4.29. The second kappa shape index (κ2) is 4.25. The zero-order valence-corrected chi connectivity index (χ0v) is 11.2. The molecule has 2 rings (SSSR count). The van der Waals surface area contributed by atoms with E-state index in [1.165, 1.54) is 0 Å². The van der Waals surface area contributed by atoms with Gasteiger partial charge in [0, 0.05) is 17.3 Å². The van der Waals surface area contributed by atoms with Crippen molar-refractivity contribution >= 4 is 0 Å². The van der Waals surface area contributed by atoms with Crippen molar-refractivity contribution in [2.75, 3.05) is 0 Å². The highest BCUT2D eigenvalue weighted by Gasteiger charge is 2.35. The summed E-state index contributed by atoms with van der Waals surface area (Å²) in [7, 11) is 0. The van der Waals surface area contributed by atoms with Crippen molar-refractivity contribution < 1.29 is 9.84 Å². The fourth-order valence-electron chi connectivity index (χ4n) is 2.30. The predicted molar refractivity (Wildman–Crippen MR) is 66.9 cm³/mol. The second-order valence-electron chi connectivity index (χ2n) is 5.53. The van der Waals surface area contributed by atoms with E-state index in [-0.39, 0.29) is 17.6 Å². The van der Waals surface area contributed by atoms with Crippen LogP contribution in [0.3, 0.4) is 0 Å². The van der Waals surface area contributed by atoms with E-state index in [2.05, 4.69) is 11.1 Å². The predicted octanol–water partition coefficient (Wildman–Crippen LogP) is 2.82. The van der Waals surface area contributed by atoms with Gasteiger partial charge in [0.1, 0.15) is 5.75 Å². The number of aromatic hydroxyl groups is 1. The summed E-state index contributed by atoms with van der Waals surface area (Å²) in [6.45, 7) is 8.17. The Labute approximate surface area is 107 Å². The average Bonchev–Trinajstić information content (AvgIpc) is 2.59. The van der Waals surface area contributed by atoms with Crippen LogP contribution in [0.15, 0.2) is 6.20 Å². The highest BCUT2D eigenvalue weighted by Crippen LogP contribution is 2.42. The topological polar surface area (TPSA) is 66.1 Å². The number of pyridine rings is 1. The van der Waals surface area contributed by atoms with Crippen molar-refractivity contribution in [3.8, 4) is 11.8 Å². The first kappa shape index (κ1) is 12.8. The SMILES string of the molecule is CC(C)C(C#N)c1ncc2c(c1O)COC2(C)C. The maximum atomic E-state index is 10.3.